The van der Waals surface area contributed by atoms with Gasteiger partial charge in [-0.25, -0.2) is 17.8 Å². The minimum absolute atomic E-state index is 0.130. The van der Waals surface area contributed by atoms with Crippen LogP contribution in [-0.2, 0) is 21.1 Å². The summed E-state index contributed by atoms with van der Waals surface area (Å²) in [6.07, 6.45) is 1.56. The lowest BCUT2D eigenvalue weighted by Crippen LogP contribution is -2.12. The van der Waals surface area contributed by atoms with E-state index in [1.807, 2.05) is 0 Å². The Morgan fingerprint density at radius 3 is 2.72 bits per heavy atom. The van der Waals surface area contributed by atoms with Gasteiger partial charge in [0.15, 0.2) is 15.0 Å². The number of aromatic nitrogens is 1. The molecule has 0 atom stereocenters. The molecule has 0 aliphatic carbocycles. The van der Waals surface area contributed by atoms with Crippen molar-refractivity contribution in [1.29, 1.82) is 0 Å². The fraction of sp³-hybridized carbons (Fsp3) is 0.176. The summed E-state index contributed by atoms with van der Waals surface area (Å²) in [4.78, 5) is 16.5. The first-order valence-electron chi connectivity index (χ1n) is 7.47. The van der Waals surface area contributed by atoms with Crippen LogP contribution in [0, 0.1) is 5.82 Å². The summed E-state index contributed by atoms with van der Waals surface area (Å²) in [7, 11) is -3.30. The normalized spacial score (nSPS) is 11.6. The van der Waals surface area contributed by atoms with Crippen molar-refractivity contribution in [1.82, 2.24) is 4.98 Å². The highest BCUT2D eigenvalue weighted by atomic mass is 32.2. The Bertz CT molecular complexity index is 1040. The number of hydrogen-bond acceptors (Lipinski definition) is 5. The molecule has 130 valence electrons. The number of aryl methyl sites for hydroxylation is 1. The third-order valence-electron chi connectivity index (χ3n) is 3.61. The third-order valence-corrected chi connectivity index (χ3v) is 5.66. The minimum atomic E-state index is -3.30. The van der Waals surface area contributed by atoms with E-state index in [-0.39, 0.29) is 23.0 Å². The van der Waals surface area contributed by atoms with E-state index in [4.69, 9.17) is 0 Å². The van der Waals surface area contributed by atoms with Gasteiger partial charge in [0.2, 0.25) is 5.91 Å². The van der Waals surface area contributed by atoms with Crippen LogP contribution in [0.15, 0.2) is 47.4 Å². The van der Waals surface area contributed by atoms with E-state index in [0.29, 0.717) is 27.3 Å². The lowest BCUT2D eigenvalue weighted by atomic mass is 10.1. The van der Waals surface area contributed by atoms with Gasteiger partial charge < -0.3 is 5.32 Å². The standard InChI is InChI=1S/C17H15FN2O3S2/c1-25(22,23)12-7-8-14-15(10-12)24-17(19-14)20-16(21)9-6-11-4-2-3-5-13(11)18/h2-5,7-8,10H,6,9H2,1H3,(H,19,20,21). The van der Waals surface area contributed by atoms with Gasteiger partial charge in [-0.05, 0) is 36.2 Å². The van der Waals surface area contributed by atoms with E-state index in [9.17, 15) is 17.6 Å². The van der Waals surface area contributed by atoms with Gasteiger partial charge in [0.1, 0.15) is 5.82 Å². The number of rotatable bonds is 5. The van der Waals surface area contributed by atoms with Crippen LogP contribution in [0.25, 0.3) is 10.2 Å². The Balaban J connectivity index is 1.70. The molecule has 25 heavy (non-hydrogen) atoms. The second-order valence-corrected chi connectivity index (χ2v) is 8.61. The molecular weight excluding hydrogens is 363 g/mol. The molecule has 2 aromatic carbocycles. The number of benzene rings is 2. The summed E-state index contributed by atoms with van der Waals surface area (Å²) in [5.41, 5.74) is 1.10. The maximum atomic E-state index is 13.5. The molecule has 0 aliphatic rings. The minimum Gasteiger partial charge on any atom is -0.302 e. The van der Waals surface area contributed by atoms with Crippen LogP contribution in [-0.4, -0.2) is 25.6 Å². The maximum absolute atomic E-state index is 13.5. The average Bonchev–Trinajstić information content (AvgIpc) is 2.94. The Hall–Kier alpha value is -2.32. The average molecular weight is 378 g/mol. The van der Waals surface area contributed by atoms with Gasteiger partial charge in [0.25, 0.3) is 0 Å². The van der Waals surface area contributed by atoms with Gasteiger partial charge in [-0.15, -0.1) is 0 Å². The maximum Gasteiger partial charge on any atom is 0.226 e. The Kier molecular flexibility index (Phi) is 4.82. The molecule has 1 heterocycles. The van der Waals surface area contributed by atoms with Gasteiger partial charge in [-0.1, -0.05) is 29.5 Å². The van der Waals surface area contributed by atoms with Crippen molar-refractivity contribution in [2.24, 2.45) is 0 Å². The molecule has 3 aromatic rings. The first-order valence-corrected chi connectivity index (χ1v) is 10.2. The smallest absolute Gasteiger partial charge is 0.226 e. The van der Waals surface area contributed by atoms with E-state index < -0.39 is 9.84 Å². The number of halogens is 1. The first kappa shape index (κ1) is 17.5. The van der Waals surface area contributed by atoms with Crippen LogP contribution >= 0.6 is 11.3 Å². The predicted octanol–water partition coefficient (Wildman–Crippen LogP) is 3.41. The number of sulfone groups is 1. The second kappa shape index (κ2) is 6.89. The molecule has 0 radical (unpaired) electrons. The number of nitrogens with one attached hydrogen (secondary N) is 1. The first-order chi connectivity index (χ1) is 11.8. The summed E-state index contributed by atoms with van der Waals surface area (Å²) in [5.74, 6) is -0.603. The fourth-order valence-corrected chi connectivity index (χ4v) is 3.96. The SMILES string of the molecule is CS(=O)(=O)c1ccc2nc(NC(=O)CCc3ccccc3F)sc2c1. The molecule has 0 aliphatic heterocycles. The van der Waals surface area contributed by atoms with Gasteiger partial charge >= 0.3 is 0 Å². The van der Waals surface area contributed by atoms with Gasteiger partial charge in [-0.2, -0.15) is 0 Å². The predicted molar refractivity (Wildman–Crippen MR) is 96.1 cm³/mol. The van der Waals surface area contributed by atoms with Crippen LogP contribution in [0.3, 0.4) is 0 Å². The molecule has 1 aromatic heterocycles. The molecule has 0 saturated carbocycles. The Morgan fingerprint density at radius 2 is 2.00 bits per heavy atom. The zero-order valence-electron chi connectivity index (χ0n) is 13.3. The van der Waals surface area contributed by atoms with E-state index in [1.54, 1.807) is 24.3 Å². The van der Waals surface area contributed by atoms with Crippen LogP contribution in [0.1, 0.15) is 12.0 Å². The fourth-order valence-electron chi connectivity index (χ4n) is 2.32. The number of carbonyl (C=O) groups excluding carboxylic acids is 1. The number of anilines is 1. The van der Waals surface area contributed by atoms with E-state index in [0.717, 1.165) is 6.26 Å². The van der Waals surface area contributed by atoms with Crippen LogP contribution in [0.2, 0.25) is 0 Å². The van der Waals surface area contributed by atoms with Gasteiger partial charge in [0.05, 0.1) is 15.1 Å². The van der Waals surface area contributed by atoms with Crippen molar-refractivity contribution in [3.8, 4) is 0 Å². The van der Waals surface area contributed by atoms with Crippen molar-refractivity contribution in [3.05, 3.63) is 53.8 Å². The molecule has 0 spiro atoms. The molecule has 1 N–H and O–H groups in total. The van der Waals surface area contributed by atoms with Crippen molar-refractivity contribution < 1.29 is 17.6 Å². The molecule has 8 heteroatoms. The zero-order valence-corrected chi connectivity index (χ0v) is 15.0. The van der Waals surface area contributed by atoms with E-state index >= 15 is 0 Å². The molecule has 0 bridgehead atoms. The number of nitrogens with zero attached hydrogens (tertiary/aromatic N) is 1. The van der Waals surface area contributed by atoms with Crippen molar-refractivity contribution in [3.63, 3.8) is 0 Å². The number of thiazole rings is 1. The molecule has 0 saturated heterocycles. The zero-order chi connectivity index (χ0) is 18.0. The summed E-state index contributed by atoms with van der Waals surface area (Å²) < 4.78 is 37.4. The highest BCUT2D eigenvalue weighted by Crippen LogP contribution is 2.28. The summed E-state index contributed by atoms with van der Waals surface area (Å²) in [6.45, 7) is 0. The third kappa shape index (κ3) is 4.21. The highest BCUT2D eigenvalue weighted by Gasteiger charge is 2.12. The van der Waals surface area contributed by atoms with Gasteiger partial charge in [-0.3, -0.25) is 4.79 Å². The second-order valence-electron chi connectivity index (χ2n) is 5.56. The molecule has 3 rings (SSSR count). The number of amides is 1. The van der Waals surface area contributed by atoms with Crippen LogP contribution in [0.5, 0.6) is 0 Å². The molecular formula is C17H15FN2O3S2. The lowest BCUT2D eigenvalue weighted by molar-refractivity contribution is -0.116. The molecule has 0 unspecified atom stereocenters. The molecule has 5 nitrogen and oxygen atoms in total. The Labute approximate surface area is 148 Å². The topological polar surface area (TPSA) is 76.1 Å². The molecule has 0 fully saturated rings. The summed E-state index contributed by atoms with van der Waals surface area (Å²) in [5, 5.41) is 3.06. The lowest BCUT2D eigenvalue weighted by Gasteiger charge is -2.03. The van der Waals surface area contributed by atoms with Gasteiger partial charge in [0, 0.05) is 12.7 Å². The van der Waals surface area contributed by atoms with Crippen molar-refractivity contribution in [2.75, 3.05) is 11.6 Å². The largest absolute Gasteiger partial charge is 0.302 e. The summed E-state index contributed by atoms with van der Waals surface area (Å²) >= 11 is 1.20. The van der Waals surface area contributed by atoms with E-state index in [1.165, 1.54) is 29.5 Å². The number of carbonyl (C=O) groups is 1. The quantitative estimate of drug-likeness (QED) is 0.738. The number of fused-ring (bicyclic) bond motifs is 1. The van der Waals surface area contributed by atoms with E-state index in [2.05, 4.69) is 10.3 Å². The van der Waals surface area contributed by atoms with Crippen molar-refractivity contribution in [2.45, 2.75) is 17.7 Å². The summed E-state index contributed by atoms with van der Waals surface area (Å²) in [6, 6.07) is 11.0. The van der Waals surface area contributed by atoms with Crippen molar-refractivity contribution >= 4 is 42.4 Å². The van der Waals surface area contributed by atoms with Crippen LogP contribution < -0.4 is 5.32 Å². The number of hydrogen-bond donors (Lipinski definition) is 1. The Morgan fingerprint density at radius 1 is 1.24 bits per heavy atom. The highest BCUT2D eigenvalue weighted by molar-refractivity contribution is 7.90. The molecule has 1 amide bonds. The van der Waals surface area contributed by atoms with Crippen LogP contribution in [0.4, 0.5) is 9.52 Å². The monoisotopic (exact) mass is 378 g/mol.